The molecule has 6 nitrogen and oxygen atoms in total. The number of halogens is 1. The molecule has 2 aromatic rings. The SMILES string of the molecule is COc1ccc(NC(=O)[C@@H]2CCCN(S(=O)(=O)Cc3cccc(Cl)c3)C2)cc1. The van der Waals surface area contributed by atoms with E-state index in [9.17, 15) is 13.2 Å². The standard InChI is InChI=1S/C20H23ClN2O4S/c1-27-19-9-7-18(8-10-19)22-20(24)16-5-3-11-23(13-16)28(25,26)14-15-4-2-6-17(21)12-15/h2,4,6-10,12,16H,3,5,11,13-14H2,1H3,(H,22,24)/t16-/m1/s1. The van der Waals surface area contributed by atoms with Gasteiger partial charge >= 0.3 is 0 Å². The highest BCUT2D eigenvalue weighted by Crippen LogP contribution is 2.24. The van der Waals surface area contributed by atoms with Crippen LogP contribution >= 0.6 is 11.6 Å². The molecule has 1 N–H and O–H groups in total. The number of nitrogens with one attached hydrogen (secondary N) is 1. The second-order valence-electron chi connectivity index (χ2n) is 6.80. The van der Waals surface area contributed by atoms with E-state index >= 15 is 0 Å². The molecule has 0 aliphatic carbocycles. The van der Waals surface area contributed by atoms with Crippen molar-refractivity contribution in [2.75, 3.05) is 25.5 Å². The van der Waals surface area contributed by atoms with E-state index in [0.717, 1.165) is 0 Å². The smallest absolute Gasteiger partial charge is 0.228 e. The van der Waals surface area contributed by atoms with Gasteiger partial charge in [0.05, 0.1) is 18.8 Å². The van der Waals surface area contributed by atoms with Crippen LogP contribution in [-0.2, 0) is 20.6 Å². The Balaban J connectivity index is 1.64. The molecule has 3 rings (SSSR count). The number of anilines is 1. The van der Waals surface area contributed by atoms with E-state index in [4.69, 9.17) is 16.3 Å². The van der Waals surface area contributed by atoms with Crippen molar-refractivity contribution in [3.8, 4) is 5.75 Å². The molecule has 1 saturated heterocycles. The molecule has 8 heteroatoms. The van der Waals surface area contributed by atoms with Gasteiger partial charge < -0.3 is 10.1 Å². The number of benzene rings is 2. The number of amides is 1. The second-order valence-corrected chi connectivity index (χ2v) is 9.21. The van der Waals surface area contributed by atoms with Crippen molar-refractivity contribution < 1.29 is 17.9 Å². The maximum absolute atomic E-state index is 12.8. The van der Waals surface area contributed by atoms with Crippen molar-refractivity contribution >= 4 is 33.2 Å². The average molecular weight is 423 g/mol. The summed E-state index contributed by atoms with van der Waals surface area (Å²) in [7, 11) is -1.95. The summed E-state index contributed by atoms with van der Waals surface area (Å²) in [5, 5.41) is 3.36. The number of sulfonamides is 1. The van der Waals surface area contributed by atoms with Gasteiger partial charge in [0.15, 0.2) is 0 Å². The number of nitrogens with zero attached hydrogens (tertiary/aromatic N) is 1. The molecule has 1 heterocycles. The minimum atomic E-state index is -3.52. The van der Waals surface area contributed by atoms with Crippen molar-refractivity contribution in [3.05, 3.63) is 59.1 Å². The summed E-state index contributed by atoms with van der Waals surface area (Å²) < 4.78 is 32.1. The number of methoxy groups -OCH3 is 1. The molecule has 1 aliphatic rings. The number of hydrogen-bond acceptors (Lipinski definition) is 4. The number of piperidine rings is 1. The van der Waals surface area contributed by atoms with Crippen LogP contribution in [0.2, 0.25) is 5.02 Å². The Morgan fingerprint density at radius 1 is 1.25 bits per heavy atom. The Kier molecular flexibility index (Phi) is 6.59. The first-order valence-corrected chi connectivity index (χ1v) is 11.0. The van der Waals surface area contributed by atoms with Crippen LogP contribution < -0.4 is 10.1 Å². The van der Waals surface area contributed by atoms with E-state index in [1.807, 2.05) is 0 Å². The third kappa shape index (κ3) is 5.25. The number of rotatable bonds is 6. The van der Waals surface area contributed by atoms with E-state index in [0.29, 0.717) is 41.4 Å². The van der Waals surface area contributed by atoms with Gasteiger partial charge in [-0.2, -0.15) is 0 Å². The van der Waals surface area contributed by atoms with Gasteiger partial charge in [0.25, 0.3) is 0 Å². The van der Waals surface area contributed by atoms with Gasteiger partial charge in [-0.25, -0.2) is 12.7 Å². The highest BCUT2D eigenvalue weighted by molar-refractivity contribution is 7.88. The lowest BCUT2D eigenvalue weighted by atomic mass is 9.99. The molecule has 150 valence electrons. The first kappa shape index (κ1) is 20.6. The van der Waals surface area contributed by atoms with Gasteiger partial charge in [0.1, 0.15) is 5.75 Å². The summed E-state index contributed by atoms with van der Waals surface area (Å²) in [4.78, 5) is 12.6. The molecule has 0 spiro atoms. The Hall–Kier alpha value is -2.09. The molecular formula is C20H23ClN2O4S. The molecule has 0 unspecified atom stereocenters. The quantitative estimate of drug-likeness (QED) is 0.772. The third-order valence-corrected chi connectivity index (χ3v) is 6.80. The summed E-state index contributed by atoms with van der Waals surface area (Å²) in [6, 6.07) is 13.9. The van der Waals surface area contributed by atoms with Crippen LogP contribution in [0.4, 0.5) is 5.69 Å². The highest BCUT2D eigenvalue weighted by atomic mass is 35.5. The zero-order valence-electron chi connectivity index (χ0n) is 15.6. The first-order valence-electron chi connectivity index (χ1n) is 9.04. The Morgan fingerprint density at radius 2 is 2.00 bits per heavy atom. The number of hydrogen-bond donors (Lipinski definition) is 1. The van der Waals surface area contributed by atoms with Crippen LogP contribution in [0.3, 0.4) is 0 Å². The van der Waals surface area contributed by atoms with Gasteiger partial charge in [0.2, 0.25) is 15.9 Å². The molecule has 0 radical (unpaired) electrons. The highest BCUT2D eigenvalue weighted by Gasteiger charge is 2.32. The molecule has 2 aromatic carbocycles. The summed E-state index contributed by atoms with van der Waals surface area (Å²) in [5.74, 6) is 0.0205. The van der Waals surface area contributed by atoms with E-state index in [-0.39, 0.29) is 24.1 Å². The van der Waals surface area contributed by atoms with Crippen molar-refractivity contribution in [2.24, 2.45) is 5.92 Å². The summed E-state index contributed by atoms with van der Waals surface area (Å²) in [6.45, 7) is 0.611. The van der Waals surface area contributed by atoms with Gasteiger partial charge in [-0.15, -0.1) is 0 Å². The average Bonchev–Trinajstić information content (AvgIpc) is 2.68. The molecule has 0 bridgehead atoms. The first-order chi connectivity index (χ1) is 13.4. The van der Waals surface area contributed by atoms with Gasteiger partial charge in [-0.3, -0.25) is 4.79 Å². The van der Waals surface area contributed by atoms with Gasteiger partial charge in [-0.1, -0.05) is 23.7 Å². The predicted molar refractivity (Wildman–Crippen MR) is 110 cm³/mol. The van der Waals surface area contributed by atoms with Crippen LogP contribution in [0.15, 0.2) is 48.5 Å². The van der Waals surface area contributed by atoms with E-state index in [2.05, 4.69) is 5.32 Å². The molecule has 28 heavy (non-hydrogen) atoms. The van der Waals surface area contributed by atoms with Crippen molar-refractivity contribution in [3.63, 3.8) is 0 Å². The van der Waals surface area contributed by atoms with E-state index < -0.39 is 10.0 Å². The fraction of sp³-hybridized carbons (Fsp3) is 0.350. The fourth-order valence-corrected chi connectivity index (χ4v) is 5.07. The maximum atomic E-state index is 12.8. The lowest BCUT2D eigenvalue weighted by molar-refractivity contribution is -0.120. The van der Waals surface area contributed by atoms with Crippen LogP contribution in [0, 0.1) is 5.92 Å². The van der Waals surface area contributed by atoms with Crippen LogP contribution in [-0.4, -0.2) is 38.8 Å². The lowest BCUT2D eigenvalue weighted by Crippen LogP contribution is -2.44. The lowest BCUT2D eigenvalue weighted by Gasteiger charge is -2.31. The second kappa shape index (κ2) is 8.94. The topological polar surface area (TPSA) is 75.7 Å². The van der Waals surface area contributed by atoms with Crippen LogP contribution in [0.25, 0.3) is 0 Å². The normalized spacial score (nSPS) is 17.9. The van der Waals surface area contributed by atoms with E-state index in [1.54, 1.807) is 55.6 Å². The molecule has 1 amide bonds. The minimum Gasteiger partial charge on any atom is -0.497 e. The summed E-state index contributed by atoms with van der Waals surface area (Å²) in [6.07, 6.45) is 1.31. The fourth-order valence-electron chi connectivity index (χ4n) is 3.26. The molecule has 1 atom stereocenters. The van der Waals surface area contributed by atoms with Crippen molar-refractivity contribution in [2.45, 2.75) is 18.6 Å². The van der Waals surface area contributed by atoms with Gasteiger partial charge in [0, 0.05) is 23.8 Å². The number of carbonyl (C=O) groups excluding carboxylic acids is 1. The van der Waals surface area contributed by atoms with Gasteiger partial charge in [-0.05, 0) is 54.8 Å². The Morgan fingerprint density at radius 3 is 2.68 bits per heavy atom. The zero-order valence-corrected chi connectivity index (χ0v) is 17.2. The van der Waals surface area contributed by atoms with E-state index in [1.165, 1.54) is 4.31 Å². The molecule has 1 aliphatic heterocycles. The zero-order chi connectivity index (χ0) is 20.1. The molecule has 0 saturated carbocycles. The predicted octanol–water partition coefficient (Wildman–Crippen LogP) is 3.53. The monoisotopic (exact) mass is 422 g/mol. The van der Waals surface area contributed by atoms with Crippen molar-refractivity contribution in [1.29, 1.82) is 0 Å². The minimum absolute atomic E-state index is 0.125. The summed E-state index contributed by atoms with van der Waals surface area (Å²) >= 11 is 5.95. The summed E-state index contributed by atoms with van der Waals surface area (Å²) in [5.41, 5.74) is 1.29. The third-order valence-electron chi connectivity index (χ3n) is 4.74. The van der Waals surface area contributed by atoms with Crippen LogP contribution in [0.5, 0.6) is 5.75 Å². The number of carbonyl (C=O) groups is 1. The van der Waals surface area contributed by atoms with Crippen molar-refractivity contribution in [1.82, 2.24) is 4.31 Å². The largest absolute Gasteiger partial charge is 0.497 e. The molecule has 0 aromatic heterocycles. The maximum Gasteiger partial charge on any atom is 0.228 e. The molecular weight excluding hydrogens is 400 g/mol. The Bertz CT molecular complexity index is 931. The molecule has 1 fully saturated rings. The van der Waals surface area contributed by atoms with Crippen LogP contribution in [0.1, 0.15) is 18.4 Å². The Labute approximate surface area is 170 Å². The number of ether oxygens (including phenoxy) is 1.